The smallest absolute Gasteiger partial charge is 0.243 e. The number of unbranched alkanes of at least 4 members (excludes halogenated alkanes) is 1. The Morgan fingerprint density at radius 2 is 1.88 bits per heavy atom. The summed E-state index contributed by atoms with van der Waals surface area (Å²) in [5, 5.41) is 18.2. The molecule has 234 valence electrons. The second-order valence-corrected chi connectivity index (χ2v) is 11.8. The van der Waals surface area contributed by atoms with Crippen molar-refractivity contribution in [2.24, 2.45) is 5.92 Å². The lowest BCUT2D eigenvalue weighted by Gasteiger charge is -2.32. The molecule has 1 aliphatic carbocycles. The molecule has 0 saturated carbocycles. The number of aliphatic hydroxyl groups is 1. The molecule has 0 heterocycles. The molecule has 0 aliphatic heterocycles. The summed E-state index contributed by atoms with van der Waals surface area (Å²) in [4.78, 5) is 28.4. The van der Waals surface area contributed by atoms with Crippen molar-refractivity contribution in [3.8, 4) is 0 Å². The van der Waals surface area contributed by atoms with Gasteiger partial charge in [0, 0.05) is 25.6 Å². The highest BCUT2D eigenvalue weighted by atomic mass is 16.5. The summed E-state index contributed by atoms with van der Waals surface area (Å²) in [6, 6.07) is 14.9. The molecule has 6 atom stereocenters. The molecule has 43 heavy (non-hydrogen) atoms. The SMILES string of the molecule is C=CCO[C@H]1C[C@@H](NC[C@@H](O)[C@H](Cc2ccccc2)NC(=O)C(CC=C)N(C)C(=O)C(C)CCCC)c2cc(C)ccc21. The predicted molar refractivity (Wildman–Crippen MR) is 174 cm³/mol. The van der Waals surface area contributed by atoms with Gasteiger partial charge in [-0.25, -0.2) is 0 Å². The first kappa shape index (κ1) is 34.2. The van der Waals surface area contributed by atoms with Gasteiger partial charge in [0.05, 0.1) is 24.9 Å². The van der Waals surface area contributed by atoms with Crippen molar-refractivity contribution >= 4 is 11.8 Å². The van der Waals surface area contributed by atoms with Crippen LogP contribution in [0.5, 0.6) is 0 Å². The largest absolute Gasteiger partial charge is 0.390 e. The topological polar surface area (TPSA) is 90.9 Å². The van der Waals surface area contributed by atoms with Crippen molar-refractivity contribution < 1.29 is 19.4 Å². The Morgan fingerprint density at radius 1 is 1.14 bits per heavy atom. The molecule has 7 nitrogen and oxygen atoms in total. The van der Waals surface area contributed by atoms with Gasteiger partial charge in [0.25, 0.3) is 0 Å². The lowest BCUT2D eigenvalue weighted by Crippen LogP contribution is -2.55. The monoisotopic (exact) mass is 589 g/mol. The summed E-state index contributed by atoms with van der Waals surface area (Å²) in [7, 11) is 1.69. The Labute approximate surface area is 258 Å². The number of carbonyl (C=O) groups is 2. The number of carbonyl (C=O) groups excluding carboxylic acids is 2. The molecule has 0 spiro atoms. The van der Waals surface area contributed by atoms with Gasteiger partial charge in [0.15, 0.2) is 0 Å². The Balaban J connectivity index is 1.75. The molecule has 2 amide bonds. The van der Waals surface area contributed by atoms with Crippen LogP contribution in [0.3, 0.4) is 0 Å². The second-order valence-electron chi connectivity index (χ2n) is 11.8. The number of aliphatic hydroxyl groups excluding tert-OH is 1. The Morgan fingerprint density at radius 3 is 2.56 bits per heavy atom. The average molecular weight is 590 g/mol. The van der Waals surface area contributed by atoms with Gasteiger partial charge in [0.2, 0.25) is 11.8 Å². The number of nitrogens with one attached hydrogen (secondary N) is 2. The van der Waals surface area contributed by atoms with E-state index in [1.165, 1.54) is 11.1 Å². The van der Waals surface area contributed by atoms with E-state index in [2.05, 4.69) is 55.8 Å². The van der Waals surface area contributed by atoms with Crippen molar-refractivity contribution in [2.75, 3.05) is 20.2 Å². The molecule has 1 aliphatic rings. The fraction of sp³-hybridized carbons (Fsp3) is 0.500. The molecule has 0 saturated heterocycles. The van der Waals surface area contributed by atoms with Gasteiger partial charge >= 0.3 is 0 Å². The quantitative estimate of drug-likeness (QED) is 0.197. The minimum absolute atomic E-state index is 0.00863. The van der Waals surface area contributed by atoms with Crippen LogP contribution in [0.1, 0.15) is 80.4 Å². The number of amides is 2. The Hall–Kier alpha value is -3.26. The Kier molecular flexibility index (Phi) is 13.6. The van der Waals surface area contributed by atoms with Crippen molar-refractivity contribution in [2.45, 2.75) is 89.6 Å². The molecule has 2 unspecified atom stereocenters. The zero-order valence-electron chi connectivity index (χ0n) is 26.4. The highest BCUT2D eigenvalue weighted by molar-refractivity contribution is 5.88. The van der Waals surface area contributed by atoms with Gasteiger partial charge in [-0.15, -0.1) is 13.2 Å². The third-order valence-electron chi connectivity index (χ3n) is 8.41. The minimum Gasteiger partial charge on any atom is -0.390 e. The average Bonchev–Trinajstić information content (AvgIpc) is 3.35. The number of fused-ring (bicyclic) bond motifs is 1. The Bertz CT molecular complexity index is 1200. The van der Waals surface area contributed by atoms with Gasteiger partial charge in [-0.2, -0.15) is 0 Å². The minimum atomic E-state index is -0.876. The number of ether oxygens (including phenoxy) is 1. The predicted octanol–water partition coefficient (Wildman–Crippen LogP) is 5.59. The molecule has 3 rings (SSSR count). The van der Waals surface area contributed by atoms with Crippen molar-refractivity contribution in [1.29, 1.82) is 0 Å². The summed E-state index contributed by atoms with van der Waals surface area (Å²) >= 11 is 0. The highest BCUT2D eigenvalue weighted by Gasteiger charge is 2.34. The number of nitrogens with zero attached hydrogens (tertiary/aromatic N) is 1. The van der Waals surface area contributed by atoms with Crippen LogP contribution >= 0.6 is 0 Å². The molecule has 2 aromatic rings. The van der Waals surface area contributed by atoms with Crippen LogP contribution in [-0.2, 0) is 20.7 Å². The molecule has 3 N–H and O–H groups in total. The molecular formula is C36H51N3O4. The summed E-state index contributed by atoms with van der Waals surface area (Å²) in [6.45, 7) is 14.4. The van der Waals surface area contributed by atoms with Gasteiger partial charge in [-0.1, -0.05) is 92.9 Å². The number of hydrogen-bond donors (Lipinski definition) is 3. The molecule has 2 aromatic carbocycles. The lowest BCUT2D eigenvalue weighted by atomic mass is 9.98. The highest BCUT2D eigenvalue weighted by Crippen LogP contribution is 2.41. The van der Waals surface area contributed by atoms with Crippen LogP contribution in [-0.4, -0.2) is 60.2 Å². The number of aryl methyl sites for hydroxylation is 1. The van der Waals surface area contributed by atoms with E-state index in [1.54, 1.807) is 24.1 Å². The first-order valence-electron chi connectivity index (χ1n) is 15.7. The molecule has 0 fully saturated rings. The standard InChI is InChI=1S/C36H51N3O4/c1-7-10-15-26(5)36(42)39(6)32(14-8-2)35(41)38-31(22-27-16-12-11-13-17-27)33(40)24-37-30-23-34(43-20-9-3)28-19-18-25(4)21-29(28)30/h8-9,11-13,16-19,21,26,30-34,37,40H,2-3,7,10,14-15,20,22-24H2,1,4-6H3,(H,38,41)/t26?,30-,31+,32?,33-,34+/m1/s1. The van der Waals surface area contributed by atoms with E-state index in [0.29, 0.717) is 19.4 Å². The molecule has 7 heteroatoms. The number of benzene rings is 2. The van der Waals surface area contributed by atoms with E-state index in [1.807, 2.05) is 37.3 Å². The number of likely N-dealkylation sites (N-methyl/N-ethyl adjacent to an activating group) is 1. The van der Waals surface area contributed by atoms with E-state index in [9.17, 15) is 14.7 Å². The van der Waals surface area contributed by atoms with Crippen molar-refractivity contribution in [3.05, 3.63) is 96.1 Å². The van der Waals surface area contributed by atoms with Gasteiger partial charge in [-0.05, 0) is 49.3 Å². The summed E-state index contributed by atoms with van der Waals surface area (Å²) in [5.41, 5.74) is 4.50. The van der Waals surface area contributed by atoms with E-state index >= 15 is 0 Å². The fourth-order valence-corrected chi connectivity index (χ4v) is 5.86. The van der Waals surface area contributed by atoms with Crippen LogP contribution in [0.15, 0.2) is 73.8 Å². The molecule has 0 bridgehead atoms. The number of hydrogen-bond acceptors (Lipinski definition) is 5. The maximum atomic E-state index is 13.7. The van der Waals surface area contributed by atoms with Crippen LogP contribution in [0.2, 0.25) is 0 Å². The third kappa shape index (κ3) is 9.62. The molecular weight excluding hydrogens is 538 g/mol. The van der Waals surface area contributed by atoms with Crippen LogP contribution in [0, 0.1) is 12.8 Å². The molecule has 0 radical (unpaired) electrons. The van der Waals surface area contributed by atoms with E-state index in [4.69, 9.17) is 4.74 Å². The van der Waals surface area contributed by atoms with Crippen molar-refractivity contribution in [3.63, 3.8) is 0 Å². The fourth-order valence-electron chi connectivity index (χ4n) is 5.86. The maximum absolute atomic E-state index is 13.7. The molecule has 0 aromatic heterocycles. The number of rotatable bonds is 18. The van der Waals surface area contributed by atoms with Gasteiger partial charge in [0.1, 0.15) is 6.04 Å². The van der Waals surface area contributed by atoms with Crippen LogP contribution in [0.4, 0.5) is 0 Å². The normalized spacial score (nSPS) is 18.6. The zero-order chi connectivity index (χ0) is 31.4. The van der Waals surface area contributed by atoms with Crippen LogP contribution < -0.4 is 10.6 Å². The lowest BCUT2D eigenvalue weighted by molar-refractivity contribution is -0.142. The van der Waals surface area contributed by atoms with Crippen molar-refractivity contribution in [1.82, 2.24) is 15.5 Å². The maximum Gasteiger partial charge on any atom is 0.243 e. The van der Waals surface area contributed by atoms with E-state index in [0.717, 1.165) is 36.8 Å². The van der Waals surface area contributed by atoms with Crippen LogP contribution in [0.25, 0.3) is 0 Å². The third-order valence-corrected chi connectivity index (χ3v) is 8.41. The second kappa shape index (κ2) is 17.1. The first-order chi connectivity index (χ1) is 20.7. The summed E-state index contributed by atoms with van der Waals surface area (Å²) < 4.78 is 6.05. The first-order valence-corrected chi connectivity index (χ1v) is 15.7. The summed E-state index contributed by atoms with van der Waals surface area (Å²) in [5.74, 6) is -0.518. The van der Waals surface area contributed by atoms with E-state index in [-0.39, 0.29) is 36.4 Å². The van der Waals surface area contributed by atoms with E-state index < -0.39 is 18.2 Å². The van der Waals surface area contributed by atoms with Gasteiger partial charge in [-0.3, -0.25) is 9.59 Å². The van der Waals surface area contributed by atoms with Gasteiger partial charge < -0.3 is 25.4 Å². The zero-order valence-corrected chi connectivity index (χ0v) is 26.4. The summed E-state index contributed by atoms with van der Waals surface area (Å²) in [6.07, 6.45) is 6.78.